The van der Waals surface area contributed by atoms with E-state index in [9.17, 15) is 4.79 Å². The fourth-order valence-electron chi connectivity index (χ4n) is 2.87. The molecule has 0 saturated carbocycles. The van der Waals surface area contributed by atoms with Crippen molar-refractivity contribution in [3.05, 3.63) is 17.0 Å². The molecule has 5 nitrogen and oxygen atoms in total. The van der Waals surface area contributed by atoms with Crippen molar-refractivity contribution < 1.29 is 4.79 Å². The van der Waals surface area contributed by atoms with Crippen molar-refractivity contribution in [3.8, 4) is 0 Å². The maximum atomic E-state index is 12.6. The predicted molar refractivity (Wildman–Crippen MR) is 75.2 cm³/mol. The summed E-state index contributed by atoms with van der Waals surface area (Å²) in [4.78, 5) is 14.6. The minimum atomic E-state index is 0.144. The van der Waals surface area contributed by atoms with Crippen LogP contribution in [0.3, 0.4) is 0 Å². The Kier molecular flexibility index (Phi) is 4.24. The van der Waals surface area contributed by atoms with Crippen molar-refractivity contribution in [2.75, 3.05) is 26.7 Å². The van der Waals surface area contributed by atoms with E-state index < -0.39 is 0 Å². The molecule has 2 rings (SSSR count). The van der Waals surface area contributed by atoms with Crippen LogP contribution in [0, 0.1) is 19.8 Å². The summed E-state index contributed by atoms with van der Waals surface area (Å²) in [7, 11) is 3.87. The number of rotatable bonds is 3. The van der Waals surface area contributed by atoms with E-state index in [0.717, 1.165) is 49.4 Å². The highest BCUT2D eigenvalue weighted by molar-refractivity contribution is 5.96. The van der Waals surface area contributed by atoms with Gasteiger partial charge in [0.05, 0.1) is 11.3 Å². The molecule has 0 unspecified atom stereocenters. The Morgan fingerprint density at radius 2 is 2.00 bits per heavy atom. The Morgan fingerprint density at radius 3 is 2.47 bits per heavy atom. The lowest BCUT2D eigenvalue weighted by Crippen LogP contribution is -2.40. The molecule has 0 atom stereocenters. The molecule has 2 heterocycles. The Balaban J connectivity index is 2.05. The van der Waals surface area contributed by atoms with Crippen LogP contribution in [0.5, 0.6) is 0 Å². The van der Waals surface area contributed by atoms with Gasteiger partial charge in [0, 0.05) is 25.8 Å². The molecule has 0 aromatic carbocycles. The lowest BCUT2D eigenvalue weighted by molar-refractivity contribution is 0.0689. The molecule has 19 heavy (non-hydrogen) atoms. The van der Waals surface area contributed by atoms with Crippen molar-refractivity contribution in [2.45, 2.75) is 26.7 Å². The van der Waals surface area contributed by atoms with E-state index in [4.69, 9.17) is 0 Å². The van der Waals surface area contributed by atoms with Crippen LogP contribution in [0.15, 0.2) is 0 Å². The molecule has 1 saturated heterocycles. The Labute approximate surface area is 115 Å². The molecule has 1 N–H and O–H groups in total. The van der Waals surface area contributed by atoms with Gasteiger partial charge >= 0.3 is 0 Å². The molecular formula is C14H24N4O. The van der Waals surface area contributed by atoms with Gasteiger partial charge in [-0.3, -0.25) is 9.48 Å². The van der Waals surface area contributed by atoms with Crippen molar-refractivity contribution in [3.63, 3.8) is 0 Å². The average molecular weight is 264 g/mol. The van der Waals surface area contributed by atoms with Gasteiger partial charge in [-0.1, -0.05) is 0 Å². The third-order valence-corrected chi connectivity index (χ3v) is 4.12. The van der Waals surface area contributed by atoms with Gasteiger partial charge in [-0.15, -0.1) is 0 Å². The fraction of sp³-hybridized carbons (Fsp3) is 0.714. The molecule has 1 aliphatic rings. The van der Waals surface area contributed by atoms with E-state index in [1.54, 1.807) is 4.68 Å². The van der Waals surface area contributed by atoms with E-state index in [0.29, 0.717) is 5.92 Å². The summed E-state index contributed by atoms with van der Waals surface area (Å²) in [5.41, 5.74) is 2.58. The molecule has 0 spiro atoms. The van der Waals surface area contributed by atoms with Crippen LogP contribution < -0.4 is 5.32 Å². The first-order valence-corrected chi connectivity index (χ1v) is 6.98. The number of carbonyl (C=O) groups excluding carboxylic acids is 1. The number of amides is 1. The summed E-state index contributed by atoms with van der Waals surface area (Å²) in [6.07, 6.45) is 2.18. The van der Waals surface area contributed by atoms with Gasteiger partial charge in [0.1, 0.15) is 0 Å². The van der Waals surface area contributed by atoms with Crippen LogP contribution in [0.2, 0.25) is 0 Å². The highest BCUT2D eigenvalue weighted by Gasteiger charge is 2.26. The summed E-state index contributed by atoms with van der Waals surface area (Å²) >= 11 is 0. The van der Waals surface area contributed by atoms with E-state index >= 15 is 0 Å². The highest BCUT2D eigenvalue weighted by atomic mass is 16.2. The second-order valence-corrected chi connectivity index (χ2v) is 5.46. The second-order valence-electron chi connectivity index (χ2n) is 5.46. The number of aromatic nitrogens is 2. The van der Waals surface area contributed by atoms with Crippen LogP contribution in [0.25, 0.3) is 0 Å². The highest BCUT2D eigenvalue weighted by Crippen LogP contribution is 2.21. The summed E-state index contributed by atoms with van der Waals surface area (Å²) in [6, 6.07) is 0. The molecule has 1 aliphatic heterocycles. The molecule has 0 bridgehead atoms. The molecule has 106 valence electrons. The van der Waals surface area contributed by atoms with Crippen molar-refractivity contribution in [1.82, 2.24) is 20.0 Å². The maximum absolute atomic E-state index is 12.6. The van der Waals surface area contributed by atoms with E-state index in [2.05, 4.69) is 10.4 Å². The number of carbonyl (C=O) groups is 1. The Morgan fingerprint density at radius 1 is 1.37 bits per heavy atom. The summed E-state index contributed by atoms with van der Waals surface area (Å²) < 4.78 is 1.79. The molecular weight excluding hydrogens is 240 g/mol. The van der Waals surface area contributed by atoms with Gasteiger partial charge in [0.15, 0.2) is 0 Å². The molecule has 0 aliphatic carbocycles. The van der Waals surface area contributed by atoms with E-state index in [1.165, 1.54) is 0 Å². The topological polar surface area (TPSA) is 50.2 Å². The van der Waals surface area contributed by atoms with Gasteiger partial charge in [-0.25, -0.2) is 0 Å². The monoisotopic (exact) mass is 264 g/mol. The van der Waals surface area contributed by atoms with E-state index in [-0.39, 0.29) is 5.91 Å². The van der Waals surface area contributed by atoms with Crippen LogP contribution in [0.1, 0.15) is 34.6 Å². The fourth-order valence-corrected chi connectivity index (χ4v) is 2.87. The minimum Gasteiger partial charge on any atom is -0.339 e. The number of likely N-dealkylation sites (tertiary alicyclic amines) is 1. The van der Waals surface area contributed by atoms with Crippen LogP contribution >= 0.6 is 0 Å². The van der Waals surface area contributed by atoms with Gasteiger partial charge in [0.25, 0.3) is 5.91 Å². The van der Waals surface area contributed by atoms with Crippen LogP contribution in [-0.4, -0.2) is 47.3 Å². The number of piperidine rings is 1. The molecule has 1 fully saturated rings. The third kappa shape index (κ3) is 2.81. The minimum absolute atomic E-state index is 0.144. The normalized spacial score (nSPS) is 16.9. The number of hydrogen-bond acceptors (Lipinski definition) is 3. The van der Waals surface area contributed by atoms with Gasteiger partial charge < -0.3 is 10.2 Å². The largest absolute Gasteiger partial charge is 0.339 e. The third-order valence-electron chi connectivity index (χ3n) is 4.12. The first-order valence-electron chi connectivity index (χ1n) is 6.98. The van der Waals surface area contributed by atoms with Crippen molar-refractivity contribution >= 4 is 5.91 Å². The molecule has 5 heteroatoms. The number of nitrogens with one attached hydrogen (secondary N) is 1. The van der Waals surface area contributed by atoms with Crippen LogP contribution in [-0.2, 0) is 7.05 Å². The number of nitrogens with zero attached hydrogens (tertiary/aromatic N) is 3. The zero-order chi connectivity index (χ0) is 14.0. The smallest absolute Gasteiger partial charge is 0.257 e. The SMILES string of the molecule is CNCC1CCN(C(=O)c2c(C)nn(C)c2C)CC1. The number of aryl methyl sites for hydroxylation is 2. The van der Waals surface area contributed by atoms with Crippen molar-refractivity contribution in [1.29, 1.82) is 0 Å². The predicted octanol–water partition coefficient (Wildman–Crippen LogP) is 1.11. The summed E-state index contributed by atoms with van der Waals surface area (Å²) in [5.74, 6) is 0.844. The lowest BCUT2D eigenvalue weighted by atomic mass is 9.96. The lowest BCUT2D eigenvalue weighted by Gasteiger charge is -2.32. The van der Waals surface area contributed by atoms with Gasteiger partial charge in [-0.05, 0) is 46.2 Å². The second kappa shape index (κ2) is 5.74. The average Bonchev–Trinajstić information content (AvgIpc) is 2.64. The zero-order valence-corrected chi connectivity index (χ0v) is 12.4. The van der Waals surface area contributed by atoms with Crippen molar-refractivity contribution in [2.24, 2.45) is 13.0 Å². The Bertz CT molecular complexity index is 458. The molecule has 1 aromatic rings. The Hall–Kier alpha value is -1.36. The standard InChI is InChI=1S/C14H24N4O/c1-10-13(11(2)17(4)16-10)14(19)18-7-5-12(6-8-18)9-15-3/h12,15H,5-9H2,1-4H3. The summed E-state index contributed by atoms with van der Waals surface area (Å²) in [5, 5.41) is 7.55. The first-order chi connectivity index (χ1) is 9.04. The quantitative estimate of drug-likeness (QED) is 0.889. The van der Waals surface area contributed by atoms with Gasteiger partial charge in [0.2, 0.25) is 0 Å². The molecule has 0 radical (unpaired) electrons. The zero-order valence-electron chi connectivity index (χ0n) is 12.4. The van der Waals surface area contributed by atoms with E-state index in [1.807, 2.05) is 32.8 Å². The first kappa shape index (κ1) is 14.1. The maximum Gasteiger partial charge on any atom is 0.257 e. The summed E-state index contributed by atoms with van der Waals surface area (Å²) in [6.45, 7) is 6.64. The number of hydrogen-bond donors (Lipinski definition) is 1. The molecule has 1 amide bonds. The van der Waals surface area contributed by atoms with Crippen LogP contribution in [0.4, 0.5) is 0 Å². The van der Waals surface area contributed by atoms with Gasteiger partial charge in [-0.2, -0.15) is 5.10 Å². The molecule has 1 aromatic heterocycles.